The van der Waals surface area contributed by atoms with Gasteiger partial charge in [-0.15, -0.1) is 5.10 Å². The van der Waals surface area contributed by atoms with E-state index in [1.54, 1.807) is 13.8 Å². The Morgan fingerprint density at radius 2 is 2.00 bits per heavy atom. The van der Waals surface area contributed by atoms with Crippen LogP contribution in [0.4, 0.5) is 5.82 Å². The molecule has 0 spiro atoms. The lowest BCUT2D eigenvalue weighted by Crippen LogP contribution is -2.24. The number of aromatic carboxylic acids is 1. The second-order valence-electron chi connectivity index (χ2n) is 4.19. The quantitative estimate of drug-likeness (QED) is 0.848. The van der Waals surface area contributed by atoms with Crippen molar-refractivity contribution in [2.75, 3.05) is 18.5 Å². The Morgan fingerprint density at radius 3 is 2.53 bits per heavy atom. The smallest absolute Gasteiger partial charge is 0.339 e. The zero-order valence-corrected chi connectivity index (χ0v) is 10.8. The van der Waals surface area contributed by atoms with Gasteiger partial charge in [-0.2, -0.15) is 5.10 Å². The molecule has 5 heteroatoms. The van der Waals surface area contributed by atoms with Crippen LogP contribution in [0.2, 0.25) is 0 Å². The summed E-state index contributed by atoms with van der Waals surface area (Å²) in [6, 6.07) is 0. The number of hydrogen-bond acceptors (Lipinski definition) is 4. The van der Waals surface area contributed by atoms with E-state index >= 15 is 0 Å². The molecule has 94 valence electrons. The molecule has 5 nitrogen and oxygen atoms in total. The summed E-state index contributed by atoms with van der Waals surface area (Å²) in [5.41, 5.74) is 1.61. The molecule has 0 saturated carbocycles. The van der Waals surface area contributed by atoms with Gasteiger partial charge in [0.15, 0.2) is 5.82 Å². The number of hydrogen-bond donors (Lipinski definition) is 1. The molecule has 0 bridgehead atoms. The highest BCUT2D eigenvalue weighted by Gasteiger charge is 2.19. The fraction of sp³-hybridized carbons (Fsp3) is 0.583. The van der Waals surface area contributed by atoms with Gasteiger partial charge in [0.05, 0.1) is 5.69 Å². The maximum atomic E-state index is 11.3. The molecular weight excluding hydrogens is 218 g/mol. The van der Waals surface area contributed by atoms with Crippen LogP contribution in [0.3, 0.4) is 0 Å². The largest absolute Gasteiger partial charge is 0.478 e. The van der Waals surface area contributed by atoms with Gasteiger partial charge in [0.25, 0.3) is 0 Å². The molecule has 0 aliphatic carbocycles. The molecule has 1 aromatic rings. The summed E-state index contributed by atoms with van der Waals surface area (Å²) in [5, 5.41) is 17.3. The number of nitrogens with zero attached hydrogens (tertiary/aromatic N) is 3. The van der Waals surface area contributed by atoms with Crippen LogP contribution < -0.4 is 4.90 Å². The standard InChI is InChI=1S/C12H19N3O2/c1-5-6-7-15(4)11-10(12(16)17)8(2)9(3)13-14-11/h5-7H2,1-4H3,(H,16,17). The fourth-order valence-corrected chi connectivity index (χ4v) is 1.62. The lowest BCUT2D eigenvalue weighted by molar-refractivity contribution is 0.0696. The number of carboxylic acids is 1. The van der Waals surface area contributed by atoms with Crippen molar-refractivity contribution < 1.29 is 9.90 Å². The molecule has 1 rings (SSSR count). The Bertz CT molecular complexity index is 418. The summed E-state index contributed by atoms with van der Waals surface area (Å²) in [5.74, 6) is -0.493. The highest BCUT2D eigenvalue weighted by molar-refractivity contribution is 5.95. The van der Waals surface area contributed by atoms with E-state index in [-0.39, 0.29) is 5.56 Å². The van der Waals surface area contributed by atoms with Crippen molar-refractivity contribution in [3.63, 3.8) is 0 Å². The molecule has 1 N–H and O–H groups in total. The minimum Gasteiger partial charge on any atom is -0.478 e. The van der Waals surface area contributed by atoms with Gasteiger partial charge in [0.2, 0.25) is 0 Å². The van der Waals surface area contributed by atoms with Gasteiger partial charge in [-0.05, 0) is 25.8 Å². The van der Waals surface area contributed by atoms with Crippen molar-refractivity contribution in [2.24, 2.45) is 0 Å². The molecule has 0 aromatic carbocycles. The molecule has 1 heterocycles. The van der Waals surface area contributed by atoms with Crippen molar-refractivity contribution in [3.8, 4) is 0 Å². The van der Waals surface area contributed by atoms with E-state index < -0.39 is 5.97 Å². The molecule has 0 radical (unpaired) electrons. The monoisotopic (exact) mass is 237 g/mol. The maximum Gasteiger partial charge on any atom is 0.339 e. The van der Waals surface area contributed by atoms with Crippen LogP contribution in [0.5, 0.6) is 0 Å². The average Bonchev–Trinajstić information content (AvgIpc) is 2.28. The van der Waals surface area contributed by atoms with E-state index in [1.165, 1.54) is 0 Å². The summed E-state index contributed by atoms with van der Waals surface area (Å²) in [7, 11) is 1.85. The van der Waals surface area contributed by atoms with Crippen molar-refractivity contribution in [1.82, 2.24) is 10.2 Å². The van der Waals surface area contributed by atoms with Gasteiger partial charge in [-0.1, -0.05) is 13.3 Å². The second-order valence-corrected chi connectivity index (χ2v) is 4.19. The molecule has 1 aromatic heterocycles. The predicted octanol–water partition coefficient (Wildman–Crippen LogP) is 2.03. The lowest BCUT2D eigenvalue weighted by Gasteiger charge is -2.20. The van der Waals surface area contributed by atoms with Crippen molar-refractivity contribution in [2.45, 2.75) is 33.6 Å². The van der Waals surface area contributed by atoms with E-state index in [9.17, 15) is 9.90 Å². The Kier molecular flexibility index (Phi) is 4.43. The minimum absolute atomic E-state index is 0.260. The number of anilines is 1. The zero-order valence-electron chi connectivity index (χ0n) is 10.8. The number of carboxylic acid groups (broad SMARTS) is 1. The Hall–Kier alpha value is -1.65. The molecule has 17 heavy (non-hydrogen) atoms. The third kappa shape index (κ3) is 2.93. The first-order chi connectivity index (χ1) is 7.99. The Morgan fingerprint density at radius 1 is 1.35 bits per heavy atom. The second kappa shape index (κ2) is 5.61. The maximum absolute atomic E-state index is 11.3. The van der Waals surface area contributed by atoms with Gasteiger partial charge in [-0.25, -0.2) is 4.79 Å². The average molecular weight is 237 g/mol. The van der Waals surface area contributed by atoms with Crippen molar-refractivity contribution in [3.05, 3.63) is 16.8 Å². The Labute approximate surface area is 101 Å². The summed E-state index contributed by atoms with van der Waals surface area (Å²) < 4.78 is 0. The summed E-state index contributed by atoms with van der Waals surface area (Å²) in [6.45, 7) is 6.42. The van der Waals surface area contributed by atoms with E-state index in [4.69, 9.17) is 0 Å². The first kappa shape index (κ1) is 13.4. The van der Waals surface area contributed by atoms with Gasteiger partial charge >= 0.3 is 5.97 Å². The normalized spacial score (nSPS) is 10.4. The number of aromatic nitrogens is 2. The Balaban J connectivity index is 3.15. The highest BCUT2D eigenvalue weighted by atomic mass is 16.4. The summed E-state index contributed by atoms with van der Waals surface area (Å²) in [6.07, 6.45) is 2.06. The number of unbranched alkanes of at least 4 members (excludes halogenated alkanes) is 1. The van der Waals surface area contributed by atoms with Crippen LogP contribution in [0.1, 0.15) is 41.4 Å². The third-order valence-electron chi connectivity index (χ3n) is 2.86. The minimum atomic E-state index is -0.946. The van der Waals surface area contributed by atoms with E-state index in [0.29, 0.717) is 17.1 Å². The van der Waals surface area contributed by atoms with E-state index in [1.807, 2.05) is 11.9 Å². The van der Waals surface area contributed by atoms with E-state index in [2.05, 4.69) is 17.1 Å². The van der Waals surface area contributed by atoms with Crippen LogP contribution in [0.15, 0.2) is 0 Å². The lowest BCUT2D eigenvalue weighted by atomic mass is 10.1. The van der Waals surface area contributed by atoms with Crippen molar-refractivity contribution >= 4 is 11.8 Å². The van der Waals surface area contributed by atoms with Gasteiger partial charge in [0, 0.05) is 13.6 Å². The summed E-state index contributed by atoms with van der Waals surface area (Å²) in [4.78, 5) is 13.1. The van der Waals surface area contributed by atoms with Crippen LogP contribution in [0, 0.1) is 13.8 Å². The fourth-order valence-electron chi connectivity index (χ4n) is 1.62. The van der Waals surface area contributed by atoms with Crippen LogP contribution in [0.25, 0.3) is 0 Å². The topological polar surface area (TPSA) is 66.3 Å². The predicted molar refractivity (Wildman–Crippen MR) is 66.6 cm³/mol. The molecule has 0 aliphatic heterocycles. The number of aryl methyl sites for hydroxylation is 1. The van der Waals surface area contributed by atoms with Crippen LogP contribution in [-0.2, 0) is 0 Å². The van der Waals surface area contributed by atoms with E-state index in [0.717, 1.165) is 19.4 Å². The number of rotatable bonds is 5. The number of carbonyl (C=O) groups is 1. The first-order valence-corrected chi connectivity index (χ1v) is 5.77. The van der Waals surface area contributed by atoms with Crippen LogP contribution in [-0.4, -0.2) is 34.9 Å². The van der Waals surface area contributed by atoms with Gasteiger partial charge in [-0.3, -0.25) is 0 Å². The molecule has 0 atom stereocenters. The highest BCUT2D eigenvalue weighted by Crippen LogP contribution is 2.21. The first-order valence-electron chi connectivity index (χ1n) is 5.77. The SMILES string of the molecule is CCCCN(C)c1nnc(C)c(C)c1C(=O)O. The molecule has 0 fully saturated rings. The molecule has 0 aliphatic rings. The van der Waals surface area contributed by atoms with Crippen LogP contribution >= 0.6 is 0 Å². The summed E-state index contributed by atoms with van der Waals surface area (Å²) >= 11 is 0. The van der Waals surface area contributed by atoms with Gasteiger partial charge in [0.1, 0.15) is 5.56 Å². The molecule has 0 saturated heterocycles. The molecule has 0 unspecified atom stereocenters. The van der Waals surface area contributed by atoms with Gasteiger partial charge < -0.3 is 10.0 Å². The molecule has 0 amide bonds. The molecular formula is C12H19N3O2. The zero-order chi connectivity index (χ0) is 13.0. The third-order valence-corrected chi connectivity index (χ3v) is 2.86. The van der Waals surface area contributed by atoms with Crippen molar-refractivity contribution in [1.29, 1.82) is 0 Å².